The molecule has 3 N–H and O–H groups in total. The number of amides is 2. The standard InChI is InChI=1S/C15H20N2O4/c1-4-7-11(13(19)20)10(5-2)12(18)17-15(3)8-6-9-16-14(15)21/h4-5,7H,1,6,8-9H2,2-3H3,(H,16,21)(H,17,18)(H,19,20)/b10-5+,11-7+. The first-order chi connectivity index (χ1) is 9.85. The van der Waals surface area contributed by atoms with Crippen LogP contribution in [0.25, 0.3) is 0 Å². The van der Waals surface area contributed by atoms with Crippen LogP contribution in [-0.4, -0.2) is 35.0 Å². The van der Waals surface area contributed by atoms with Gasteiger partial charge in [-0.25, -0.2) is 4.79 Å². The molecule has 1 atom stereocenters. The lowest BCUT2D eigenvalue weighted by Gasteiger charge is -2.33. The van der Waals surface area contributed by atoms with Crippen LogP contribution in [0.4, 0.5) is 0 Å². The molecule has 1 rings (SSSR count). The van der Waals surface area contributed by atoms with Crippen LogP contribution < -0.4 is 10.6 Å². The molecular formula is C15H20N2O4. The van der Waals surface area contributed by atoms with Crippen LogP contribution in [-0.2, 0) is 14.4 Å². The largest absolute Gasteiger partial charge is 0.478 e. The van der Waals surface area contributed by atoms with E-state index in [1.807, 2.05) is 0 Å². The number of carbonyl (C=O) groups is 3. The number of allylic oxidation sites excluding steroid dienone is 3. The zero-order chi connectivity index (χ0) is 16.0. The summed E-state index contributed by atoms with van der Waals surface area (Å²) in [6.07, 6.45) is 5.22. The Bertz CT molecular complexity index is 534. The van der Waals surface area contributed by atoms with E-state index in [4.69, 9.17) is 5.11 Å². The SMILES string of the molecule is C=C/C=C(C(=O)O)\C(=C/C)C(=O)NC1(C)CCCNC1=O. The van der Waals surface area contributed by atoms with Crippen molar-refractivity contribution in [1.29, 1.82) is 0 Å². The molecule has 2 amide bonds. The van der Waals surface area contributed by atoms with E-state index >= 15 is 0 Å². The molecule has 6 heteroatoms. The van der Waals surface area contributed by atoms with Crippen LogP contribution in [0.3, 0.4) is 0 Å². The lowest BCUT2D eigenvalue weighted by molar-refractivity contribution is -0.134. The van der Waals surface area contributed by atoms with E-state index in [1.165, 1.54) is 18.2 Å². The number of nitrogens with one attached hydrogen (secondary N) is 2. The summed E-state index contributed by atoms with van der Waals surface area (Å²) in [6.45, 7) is 7.22. The van der Waals surface area contributed by atoms with Crippen molar-refractivity contribution in [1.82, 2.24) is 10.6 Å². The zero-order valence-corrected chi connectivity index (χ0v) is 12.2. The van der Waals surface area contributed by atoms with Crippen LogP contribution in [0.2, 0.25) is 0 Å². The molecule has 0 aromatic carbocycles. The molecule has 0 aromatic rings. The molecule has 114 valence electrons. The summed E-state index contributed by atoms with van der Waals surface area (Å²) in [6, 6.07) is 0. The summed E-state index contributed by atoms with van der Waals surface area (Å²) < 4.78 is 0. The topological polar surface area (TPSA) is 95.5 Å². The normalized spacial score (nSPS) is 23.2. The van der Waals surface area contributed by atoms with E-state index in [2.05, 4.69) is 17.2 Å². The molecule has 0 aromatic heterocycles. The van der Waals surface area contributed by atoms with Crippen molar-refractivity contribution in [2.24, 2.45) is 0 Å². The maximum absolute atomic E-state index is 12.3. The van der Waals surface area contributed by atoms with Crippen molar-refractivity contribution in [3.63, 3.8) is 0 Å². The van der Waals surface area contributed by atoms with Crippen molar-refractivity contribution < 1.29 is 19.5 Å². The molecule has 1 aliphatic rings. The number of carboxylic acid groups (broad SMARTS) is 1. The predicted octanol–water partition coefficient (Wildman–Crippen LogP) is 0.915. The Kier molecular flexibility index (Phi) is 5.46. The van der Waals surface area contributed by atoms with Gasteiger partial charge in [-0.05, 0) is 32.8 Å². The van der Waals surface area contributed by atoms with Crippen molar-refractivity contribution >= 4 is 17.8 Å². The maximum Gasteiger partial charge on any atom is 0.336 e. The quantitative estimate of drug-likeness (QED) is 0.518. The third-order valence-electron chi connectivity index (χ3n) is 3.37. The molecule has 0 radical (unpaired) electrons. The Morgan fingerprint density at radius 3 is 2.57 bits per heavy atom. The molecule has 0 aliphatic carbocycles. The van der Waals surface area contributed by atoms with E-state index in [0.717, 1.165) is 6.42 Å². The molecule has 0 saturated carbocycles. The number of carbonyl (C=O) groups excluding carboxylic acids is 2. The molecule has 6 nitrogen and oxygen atoms in total. The number of rotatable bonds is 5. The van der Waals surface area contributed by atoms with E-state index in [1.54, 1.807) is 13.8 Å². The average Bonchev–Trinajstić information content (AvgIpc) is 2.42. The average molecular weight is 292 g/mol. The molecule has 21 heavy (non-hydrogen) atoms. The Morgan fingerprint density at radius 2 is 2.10 bits per heavy atom. The smallest absolute Gasteiger partial charge is 0.336 e. The summed E-state index contributed by atoms with van der Waals surface area (Å²) in [4.78, 5) is 35.4. The van der Waals surface area contributed by atoms with Gasteiger partial charge in [-0.2, -0.15) is 0 Å². The van der Waals surface area contributed by atoms with Crippen LogP contribution >= 0.6 is 0 Å². The van der Waals surface area contributed by atoms with Gasteiger partial charge in [-0.3, -0.25) is 9.59 Å². The fourth-order valence-electron chi connectivity index (χ4n) is 2.19. The predicted molar refractivity (Wildman–Crippen MR) is 78.5 cm³/mol. The second-order valence-corrected chi connectivity index (χ2v) is 4.97. The van der Waals surface area contributed by atoms with Gasteiger partial charge in [-0.15, -0.1) is 0 Å². The van der Waals surface area contributed by atoms with Crippen molar-refractivity contribution in [2.45, 2.75) is 32.2 Å². The van der Waals surface area contributed by atoms with Gasteiger partial charge in [0.1, 0.15) is 5.54 Å². The number of carboxylic acids is 1. The Labute approximate surface area is 123 Å². The fourth-order valence-corrected chi connectivity index (χ4v) is 2.19. The molecule has 1 heterocycles. The summed E-state index contributed by atoms with van der Waals surface area (Å²) in [5.41, 5.74) is -1.19. The molecule has 1 fully saturated rings. The van der Waals surface area contributed by atoms with E-state index in [9.17, 15) is 14.4 Å². The summed E-state index contributed by atoms with van der Waals surface area (Å²) in [7, 11) is 0. The number of piperidine rings is 1. The van der Waals surface area contributed by atoms with Gasteiger partial charge in [0.15, 0.2) is 0 Å². The highest BCUT2D eigenvalue weighted by molar-refractivity contribution is 6.10. The number of hydrogen-bond acceptors (Lipinski definition) is 3. The van der Waals surface area contributed by atoms with Gasteiger partial charge >= 0.3 is 5.97 Å². The van der Waals surface area contributed by atoms with Crippen LogP contribution in [0, 0.1) is 0 Å². The molecule has 1 aliphatic heterocycles. The van der Waals surface area contributed by atoms with Crippen molar-refractivity contribution in [3.8, 4) is 0 Å². The van der Waals surface area contributed by atoms with Gasteiger partial charge in [0.25, 0.3) is 5.91 Å². The highest BCUT2D eigenvalue weighted by atomic mass is 16.4. The Balaban J connectivity index is 3.00. The first-order valence-corrected chi connectivity index (χ1v) is 6.69. The lowest BCUT2D eigenvalue weighted by Crippen LogP contribution is -2.60. The van der Waals surface area contributed by atoms with E-state index in [0.29, 0.717) is 13.0 Å². The molecule has 1 saturated heterocycles. The highest BCUT2D eigenvalue weighted by Gasteiger charge is 2.37. The first-order valence-electron chi connectivity index (χ1n) is 6.69. The van der Waals surface area contributed by atoms with Gasteiger partial charge in [0.2, 0.25) is 5.91 Å². The van der Waals surface area contributed by atoms with Gasteiger partial charge in [0, 0.05) is 12.1 Å². The summed E-state index contributed by atoms with van der Waals surface area (Å²) in [5.74, 6) is -2.08. The first kappa shape index (κ1) is 16.7. The minimum atomic E-state index is -1.23. The van der Waals surface area contributed by atoms with E-state index in [-0.39, 0.29) is 17.1 Å². The fraction of sp³-hybridized carbons (Fsp3) is 0.400. The van der Waals surface area contributed by atoms with Crippen LogP contribution in [0.15, 0.2) is 36.0 Å². The van der Waals surface area contributed by atoms with Gasteiger partial charge in [-0.1, -0.05) is 18.7 Å². The minimum absolute atomic E-state index is 0.00185. The highest BCUT2D eigenvalue weighted by Crippen LogP contribution is 2.19. The monoisotopic (exact) mass is 292 g/mol. The lowest BCUT2D eigenvalue weighted by atomic mass is 9.90. The van der Waals surface area contributed by atoms with Crippen LogP contribution in [0.1, 0.15) is 26.7 Å². The van der Waals surface area contributed by atoms with Crippen molar-refractivity contribution in [2.75, 3.05) is 6.54 Å². The van der Waals surface area contributed by atoms with Crippen molar-refractivity contribution in [3.05, 3.63) is 36.0 Å². The Morgan fingerprint density at radius 1 is 1.43 bits per heavy atom. The second-order valence-electron chi connectivity index (χ2n) is 4.97. The zero-order valence-electron chi connectivity index (χ0n) is 12.2. The molecule has 0 spiro atoms. The molecule has 1 unspecified atom stereocenters. The van der Waals surface area contributed by atoms with Gasteiger partial charge < -0.3 is 15.7 Å². The van der Waals surface area contributed by atoms with E-state index < -0.39 is 17.4 Å². The van der Waals surface area contributed by atoms with Gasteiger partial charge in [0.05, 0.1) is 5.57 Å². The molecule has 0 bridgehead atoms. The van der Waals surface area contributed by atoms with Crippen LogP contribution in [0.5, 0.6) is 0 Å². The summed E-state index contributed by atoms with van der Waals surface area (Å²) in [5, 5.41) is 14.5. The minimum Gasteiger partial charge on any atom is -0.478 e. The third kappa shape index (κ3) is 3.81. The number of hydrogen-bond donors (Lipinski definition) is 3. The maximum atomic E-state index is 12.3. The second kappa shape index (κ2) is 6.88. The third-order valence-corrected chi connectivity index (χ3v) is 3.37. The Hall–Kier alpha value is -2.37. The summed E-state index contributed by atoms with van der Waals surface area (Å²) >= 11 is 0. The number of aliphatic carboxylic acids is 1. The molecular weight excluding hydrogens is 272 g/mol.